The van der Waals surface area contributed by atoms with Crippen molar-refractivity contribution in [3.63, 3.8) is 0 Å². The van der Waals surface area contributed by atoms with Crippen LogP contribution in [0.15, 0.2) is 54.6 Å². The van der Waals surface area contributed by atoms with Crippen LogP contribution in [-0.4, -0.2) is 37.2 Å². The van der Waals surface area contributed by atoms with Gasteiger partial charge in [-0.2, -0.15) is 0 Å². The van der Waals surface area contributed by atoms with Gasteiger partial charge in [-0.15, -0.1) is 0 Å². The van der Waals surface area contributed by atoms with Crippen molar-refractivity contribution in [3.8, 4) is 5.75 Å². The number of anilines is 1. The van der Waals surface area contributed by atoms with Crippen molar-refractivity contribution < 1.29 is 19.1 Å². The number of rotatable bonds is 6. The molecule has 0 aromatic heterocycles. The Kier molecular flexibility index (Phi) is 5.53. The molecule has 2 aromatic rings. The summed E-state index contributed by atoms with van der Waals surface area (Å²) < 4.78 is 10.1. The number of benzene rings is 2. The van der Waals surface area contributed by atoms with Crippen LogP contribution in [-0.2, 0) is 16.1 Å². The number of cyclic esters (lactones) is 1. The van der Waals surface area contributed by atoms with Crippen LogP contribution in [0.25, 0.3) is 6.08 Å². The van der Waals surface area contributed by atoms with Crippen molar-refractivity contribution >= 4 is 23.8 Å². The molecule has 1 aliphatic rings. The first-order valence-electron chi connectivity index (χ1n) is 8.28. The zero-order chi connectivity index (χ0) is 18.4. The van der Waals surface area contributed by atoms with Crippen molar-refractivity contribution in [1.29, 1.82) is 0 Å². The molecule has 1 saturated heterocycles. The molecule has 1 N–H and O–H groups in total. The summed E-state index contributed by atoms with van der Waals surface area (Å²) in [4.78, 5) is 25.1. The fourth-order valence-corrected chi connectivity index (χ4v) is 2.58. The van der Waals surface area contributed by atoms with E-state index in [1.165, 1.54) is 6.08 Å². The van der Waals surface area contributed by atoms with Crippen molar-refractivity contribution in [1.82, 2.24) is 4.90 Å². The lowest BCUT2D eigenvalue weighted by atomic mass is 10.2. The molecule has 0 saturated carbocycles. The zero-order valence-corrected chi connectivity index (χ0v) is 14.5. The summed E-state index contributed by atoms with van der Waals surface area (Å²) in [6, 6.07) is 14.8. The van der Waals surface area contributed by atoms with Crippen molar-refractivity contribution in [2.45, 2.75) is 6.54 Å². The summed E-state index contributed by atoms with van der Waals surface area (Å²) in [6.45, 7) is 1.54. The van der Waals surface area contributed by atoms with E-state index in [0.717, 1.165) is 16.9 Å². The van der Waals surface area contributed by atoms with Gasteiger partial charge in [-0.1, -0.05) is 24.3 Å². The summed E-state index contributed by atoms with van der Waals surface area (Å²) in [5.41, 5.74) is 2.55. The molecule has 134 valence electrons. The number of ether oxygens (including phenoxy) is 2. The van der Waals surface area contributed by atoms with Crippen molar-refractivity contribution in [2.75, 3.05) is 25.6 Å². The summed E-state index contributed by atoms with van der Waals surface area (Å²) in [5, 5.41) is 2.81. The van der Waals surface area contributed by atoms with Gasteiger partial charge in [0.1, 0.15) is 12.4 Å². The Labute approximate surface area is 152 Å². The maximum absolute atomic E-state index is 12.0. The number of hydrogen-bond acceptors (Lipinski definition) is 4. The van der Waals surface area contributed by atoms with E-state index >= 15 is 0 Å². The van der Waals surface area contributed by atoms with Crippen LogP contribution in [0.2, 0.25) is 0 Å². The minimum absolute atomic E-state index is 0.219. The number of methoxy groups -OCH3 is 1. The molecular weight excluding hydrogens is 332 g/mol. The Bertz CT molecular complexity index is 815. The molecule has 1 aliphatic heterocycles. The van der Waals surface area contributed by atoms with Crippen molar-refractivity contribution in [2.24, 2.45) is 0 Å². The lowest BCUT2D eigenvalue weighted by Gasteiger charge is -2.12. The molecule has 0 atom stereocenters. The van der Waals surface area contributed by atoms with Gasteiger partial charge in [0.15, 0.2) is 0 Å². The summed E-state index contributed by atoms with van der Waals surface area (Å²) >= 11 is 0. The molecule has 2 amide bonds. The predicted octanol–water partition coefficient (Wildman–Crippen LogP) is 3.30. The number of amides is 2. The molecule has 0 aliphatic carbocycles. The number of nitrogens with one attached hydrogen (secondary N) is 1. The Morgan fingerprint density at radius 1 is 1.27 bits per heavy atom. The van der Waals surface area contributed by atoms with Crippen molar-refractivity contribution in [3.05, 3.63) is 65.7 Å². The molecule has 6 heteroatoms. The highest BCUT2D eigenvalue weighted by molar-refractivity contribution is 6.01. The normalized spacial score (nSPS) is 13.7. The molecule has 0 radical (unpaired) electrons. The standard InChI is InChI=1S/C20H20N2O4/c1-25-18-4-2-3-15(13-18)7-10-19(23)21-17-8-5-16(6-9-17)14-22-11-12-26-20(22)24/h2-10,13H,11-12,14H2,1H3,(H,21,23)/b10-7+. The maximum Gasteiger partial charge on any atom is 0.410 e. The second kappa shape index (κ2) is 8.20. The van der Waals surface area contributed by atoms with Crippen LogP contribution in [0, 0.1) is 0 Å². The monoisotopic (exact) mass is 352 g/mol. The smallest absolute Gasteiger partial charge is 0.410 e. The lowest BCUT2D eigenvalue weighted by molar-refractivity contribution is -0.111. The Hall–Kier alpha value is -3.28. The minimum Gasteiger partial charge on any atom is -0.497 e. The van der Waals surface area contributed by atoms with Gasteiger partial charge in [0.2, 0.25) is 5.91 Å². The van der Waals surface area contributed by atoms with E-state index in [1.54, 1.807) is 18.1 Å². The molecule has 1 heterocycles. The van der Waals surface area contributed by atoms with E-state index in [1.807, 2.05) is 48.5 Å². The van der Waals surface area contributed by atoms with E-state index < -0.39 is 0 Å². The average molecular weight is 352 g/mol. The van der Waals surface area contributed by atoms with E-state index in [-0.39, 0.29) is 12.0 Å². The number of carbonyl (C=O) groups is 2. The van der Waals surface area contributed by atoms with Gasteiger partial charge in [-0.3, -0.25) is 4.79 Å². The summed E-state index contributed by atoms with van der Waals surface area (Å²) in [7, 11) is 1.60. The lowest BCUT2D eigenvalue weighted by Crippen LogP contribution is -2.23. The second-order valence-corrected chi connectivity index (χ2v) is 5.83. The van der Waals surface area contributed by atoms with Gasteiger partial charge in [0.25, 0.3) is 0 Å². The van der Waals surface area contributed by atoms with Gasteiger partial charge in [0, 0.05) is 18.3 Å². The van der Waals surface area contributed by atoms with E-state index in [9.17, 15) is 9.59 Å². The number of hydrogen-bond donors (Lipinski definition) is 1. The molecule has 0 spiro atoms. The minimum atomic E-state index is -0.287. The highest BCUT2D eigenvalue weighted by Gasteiger charge is 2.21. The fourth-order valence-electron chi connectivity index (χ4n) is 2.58. The van der Waals surface area contributed by atoms with Gasteiger partial charge in [0.05, 0.1) is 13.7 Å². The highest BCUT2D eigenvalue weighted by atomic mass is 16.6. The molecular formula is C20H20N2O4. The Balaban J connectivity index is 1.55. The molecule has 2 aromatic carbocycles. The van der Waals surface area contributed by atoms with Crippen LogP contribution in [0.5, 0.6) is 5.75 Å². The van der Waals surface area contributed by atoms with Crippen LogP contribution in [0.3, 0.4) is 0 Å². The average Bonchev–Trinajstić information content (AvgIpc) is 3.06. The van der Waals surface area contributed by atoms with Crippen LogP contribution >= 0.6 is 0 Å². The fraction of sp³-hybridized carbons (Fsp3) is 0.200. The zero-order valence-electron chi connectivity index (χ0n) is 14.5. The Morgan fingerprint density at radius 2 is 2.08 bits per heavy atom. The highest BCUT2D eigenvalue weighted by Crippen LogP contribution is 2.15. The van der Waals surface area contributed by atoms with Crippen LogP contribution < -0.4 is 10.1 Å². The maximum atomic E-state index is 12.0. The summed E-state index contributed by atoms with van der Waals surface area (Å²) in [6.07, 6.45) is 2.92. The molecule has 6 nitrogen and oxygen atoms in total. The van der Waals surface area contributed by atoms with E-state index in [0.29, 0.717) is 25.4 Å². The van der Waals surface area contributed by atoms with Gasteiger partial charge in [-0.25, -0.2) is 4.79 Å². The first-order valence-corrected chi connectivity index (χ1v) is 8.28. The molecule has 1 fully saturated rings. The second-order valence-electron chi connectivity index (χ2n) is 5.83. The molecule has 26 heavy (non-hydrogen) atoms. The van der Waals surface area contributed by atoms with Gasteiger partial charge < -0.3 is 19.7 Å². The van der Waals surface area contributed by atoms with Gasteiger partial charge >= 0.3 is 6.09 Å². The quantitative estimate of drug-likeness (QED) is 0.810. The van der Waals surface area contributed by atoms with Crippen LogP contribution in [0.1, 0.15) is 11.1 Å². The molecule has 0 unspecified atom stereocenters. The molecule has 3 rings (SSSR count). The Morgan fingerprint density at radius 3 is 2.77 bits per heavy atom. The van der Waals surface area contributed by atoms with Gasteiger partial charge in [-0.05, 0) is 41.5 Å². The first-order chi connectivity index (χ1) is 12.6. The largest absolute Gasteiger partial charge is 0.497 e. The summed E-state index contributed by atoms with van der Waals surface area (Å²) in [5.74, 6) is 0.522. The van der Waals surface area contributed by atoms with Crippen LogP contribution in [0.4, 0.5) is 10.5 Å². The SMILES string of the molecule is COc1cccc(/C=C/C(=O)Nc2ccc(CN3CCOC3=O)cc2)c1. The molecule has 0 bridgehead atoms. The third kappa shape index (κ3) is 4.63. The topological polar surface area (TPSA) is 67.9 Å². The number of nitrogens with zero attached hydrogens (tertiary/aromatic N) is 1. The predicted molar refractivity (Wildman–Crippen MR) is 98.9 cm³/mol. The number of carbonyl (C=O) groups excluding carboxylic acids is 2. The van der Waals surface area contributed by atoms with E-state index in [4.69, 9.17) is 9.47 Å². The third-order valence-corrected chi connectivity index (χ3v) is 3.96. The third-order valence-electron chi connectivity index (χ3n) is 3.96. The first kappa shape index (κ1) is 17.5. The van der Waals surface area contributed by atoms with E-state index in [2.05, 4.69) is 5.32 Å².